The Bertz CT molecular complexity index is 1240. The average molecular weight is 481 g/mol. The zero-order valence-corrected chi connectivity index (χ0v) is 18.3. The van der Waals surface area contributed by atoms with Gasteiger partial charge in [-0.25, -0.2) is 4.90 Å². The van der Waals surface area contributed by atoms with Crippen molar-refractivity contribution in [3.8, 4) is 11.4 Å². The van der Waals surface area contributed by atoms with E-state index < -0.39 is 12.1 Å². The Balaban J connectivity index is 1.37. The van der Waals surface area contributed by atoms with Gasteiger partial charge >= 0.3 is 0 Å². The fraction of sp³-hybridized carbons (Fsp3) is 0.238. The molecule has 31 heavy (non-hydrogen) atoms. The molecule has 156 valence electrons. The molecular formula is C21H17BrN6O3. The lowest BCUT2D eigenvalue weighted by Crippen LogP contribution is -2.39. The number of carbonyl (C=O) groups excluding carboxylic acids is 2. The Morgan fingerprint density at radius 3 is 2.68 bits per heavy atom. The van der Waals surface area contributed by atoms with Crippen LogP contribution in [0.2, 0.25) is 0 Å². The number of imide groups is 1. The van der Waals surface area contributed by atoms with Crippen molar-refractivity contribution in [1.82, 2.24) is 15.1 Å². The Kier molecular flexibility index (Phi) is 4.66. The molecule has 5 rings (SSSR count). The molecule has 1 fully saturated rings. The number of carbonyl (C=O) groups is 2. The molecule has 0 radical (unpaired) electrons. The highest BCUT2D eigenvalue weighted by Crippen LogP contribution is 2.33. The van der Waals surface area contributed by atoms with Crippen LogP contribution in [0.4, 0.5) is 5.69 Å². The van der Waals surface area contributed by atoms with Crippen LogP contribution < -0.4 is 4.90 Å². The molecule has 2 aliphatic heterocycles. The molecule has 10 heteroatoms. The van der Waals surface area contributed by atoms with Crippen molar-refractivity contribution >= 4 is 33.4 Å². The molecule has 0 aliphatic carbocycles. The number of benzene rings is 2. The minimum absolute atomic E-state index is 0.0749. The lowest BCUT2D eigenvalue weighted by atomic mass is 10.1. The summed E-state index contributed by atoms with van der Waals surface area (Å²) in [6, 6.07) is 11.3. The second kappa shape index (κ2) is 7.38. The number of amides is 2. The summed E-state index contributed by atoms with van der Waals surface area (Å²) in [5, 5.41) is 13.5. The highest BCUT2D eigenvalue weighted by atomic mass is 79.9. The molecule has 2 atom stereocenters. The first-order valence-electron chi connectivity index (χ1n) is 9.63. The van der Waals surface area contributed by atoms with E-state index in [0.717, 1.165) is 21.2 Å². The molecule has 1 saturated heterocycles. The number of fused-ring (bicyclic) bond motifs is 1. The summed E-state index contributed by atoms with van der Waals surface area (Å²) in [5.74, 6) is -0.0474. The van der Waals surface area contributed by atoms with E-state index in [1.807, 2.05) is 50.2 Å². The first-order chi connectivity index (χ1) is 14.9. The van der Waals surface area contributed by atoms with Crippen LogP contribution in [0.15, 0.2) is 61.8 Å². The van der Waals surface area contributed by atoms with E-state index >= 15 is 0 Å². The normalized spacial score (nSPS) is 20.1. The van der Waals surface area contributed by atoms with Gasteiger partial charge in [0.05, 0.1) is 5.69 Å². The maximum absolute atomic E-state index is 13.1. The second-order valence-corrected chi connectivity index (χ2v) is 8.41. The van der Waals surface area contributed by atoms with Crippen LogP contribution in [0, 0.1) is 13.8 Å². The summed E-state index contributed by atoms with van der Waals surface area (Å²) in [7, 11) is 0. The maximum Gasteiger partial charge on any atom is 0.263 e. The number of hydrogen-bond donors (Lipinski definition) is 0. The highest BCUT2D eigenvalue weighted by Gasteiger charge is 2.55. The molecule has 3 aromatic rings. The predicted molar refractivity (Wildman–Crippen MR) is 114 cm³/mol. The van der Waals surface area contributed by atoms with Crippen LogP contribution >= 0.6 is 15.9 Å². The smallest absolute Gasteiger partial charge is 0.263 e. The Morgan fingerprint density at radius 1 is 1.06 bits per heavy atom. The Morgan fingerprint density at radius 2 is 1.90 bits per heavy atom. The zero-order valence-electron chi connectivity index (χ0n) is 16.7. The Hall–Kier alpha value is -3.40. The molecule has 0 N–H and O–H groups in total. The third kappa shape index (κ3) is 3.32. The van der Waals surface area contributed by atoms with Crippen molar-refractivity contribution < 1.29 is 14.1 Å². The molecular weight excluding hydrogens is 464 g/mol. The first-order valence-corrected chi connectivity index (χ1v) is 10.4. The van der Waals surface area contributed by atoms with E-state index in [0.29, 0.717) is 11.5 Å². The zero-order chi connectivity index (χ0) is 21.7. The fourth-order valence-electron chi connectivity index (χ4n) is 3.68. The third-order valence-corrected chi connectivity index (χ3v) is 5.95. The molecule has 9 nitrogen and oxygen atoms in total. The van der Waals surface area contributed by atoms with Gasteiger partial charge in [0.2, 0.25) is 11.7 Å². The van der Waals surface area contributed by atoms with Gasteiger partial charge in [0, 0.05) is 10.0 Å². The van der Waals surface area contributed by atoms with Gasteiger partial charge in [-0.3, -0.25) is 14.6 Å². The monoisotopic (exact) mass is 480 g/mol. The first kappa shape index (κ1) is 19.6. The van der Waals surface area contributed by atoms with Crippen molar-refractivity contribution in [3.63, 3.8) is 0 Å². The third-order valence-electron chi connectivity index (χ3n) is 5.45. The number of hydrogen-bond acceptors (Lipinski definition) is 8. The standard InChI is InChI=1S/C21H17BrN6O3/c1-11-6-7-15(8-12(11)2)28-20(29)17-18(21(28)30)27(26-24-17)10-16-23-19(25-31-16)13-4-3-5-14(22)9-13/h3-9,17-18H,10H2,1-2H3. The van der Waals surface area contributed by atoms with Crippen molar-refractivity contribution in [1.29, 1.82) is 0 Å². The molecule has 3 heterocycles. The number of anilines is 1. The number of nitrogens with zero attached hydrogens (tertiary/aromatic N) is 6. The van der Waals surface area contributed by atoms with Gasteiger partial charge < -0.3 is 4.52 Å². The van der Waals surface area contributed by atoms with Gasteiger partial charge in [-0.15, -0.1) is 0 Å². The van der Waals surface area contributed by atoms with E-state index in [2.05, 4.69) is 36.4 Å². The van der Waals surface area contributed by atoms with Gasteiger partial charge in [-0.1, -0.05) is 44.5 Å². The lowest BCUT2D eigenvalue weighted by Gasteiger charge is -2.19. The highest BCUT2D eigenvalue weighted by molar-refractivity contribution is 9.10. The number of halogens is 1. The lowest BCUT2D eigenvalue weighted by molar-refractivity contribution is -0.123. The summed E-state index contributed by atoms with van der Waals surface area (Å²) in [6.07, 6.45) is 0. The minimum atomic E-state index is -0.874. The van der Waals surface area contributed by atoms with E-state index in [1.165, 1.54) is 9.91 Å². The van der Waals surface area contributed by atoms with Crippen LogP contribution in [0.25, 0.3) is 11.4 Å². The van der Waals surface area contributed by atoms with Crippen LogP contribution in [0.3, 0.4) is 0 Å². The van der Waals surface area contributed by atoms with Gasteiger partial charge in [0.15, 0.2) is 12.1 Å². The number of aryl methyl sites for hydroxylation is 2. The topological polar surface area (TPSA) is 104 Å². The van der Waals surface area contributed by atoms with Crippen LogP contribution in [0.1, 0.15) is 17.0 Å². The van der Waals surface area contributed by atoms with Crippen molar-refractivity contribution in [2.24, 2.45) is 10.3 Å². The van der Waals surface area contributed by atoms with Crippen LogP contribution in [-0.4, -0.2) is 39.0 Å². The molecule has 2 amide bonds. The molecule has 0 saturated carbocycles. The van der Waals surface area contributed by atoms with Crippen molar-refractivity contribution in [3.05, 3.63) is 64.0 Å². The largest absolute Gasteiger partial charge is 0.337 e. The van der Waals surface area contributed by atoms with Gasteiger partial charge in [0.25, 0.3) is 11.8 Å². The molecule has 0 bridgehead atoms. The molecule has 1 aromatic heterocycles. The summed E-state index contributed by atoms with van der Waals surface area (Å²) >= 11 is 3.42. The van der Waals surface area contributed by atoms with Gasteiger partial charge in [-0.05, 0) is 49.2 Å². The van der Waals surface area contributed by atoms with Gasteiger partial charge in [-0.2, -0.15) is 10.1 Å². The molecule has 2 aliphatic rings. The second-order valence-electron chi connectivity index (χ2n) is 7.49. The quantitative estimate of drug-likeness (QED) is 0.528. The van der Waals surface area contributed by atoms with Gasteiger partial charge in [0.1, 0.15) is 6.54 Å². The molecule has 0 spiro atoms. The van der Waals surface area contributed by atoms with Crippen LogP contribution in [0.5, 0.6) is 0 Å². The summed E-state index contributed by atoms with van der Waals surface area (Å²) in [6.45, 7) is 3.99. The summed E-state index contributed by atoms with van der Waals surface area (Å²) < 4.78 is 6.24. The molecule has 2 aromatic carbocycles. The fourth-order valence-corrected chi connectivity index (χ4v) is 4.07. The van der Waals surface area contributed by atoms with Crippen LogP contribution in [-0.2, 0) is 16.1 Å². The Labute approximate surface area is 185 Å². The predicted octanol–water partition coefficient (Wildman–Crippen LogP) is 3.61. The van der Waals surface area contributed by atoms with Crippen molar-refractivity contribution in [2.75, 3.05) is 4.90 Å². The van der Waals surface area contributed by atoms with E-state index in [1.54, 1.807) is 6.07 Å². The van der Waals surface area contributed by atoms with E-state index in [4.69, 9.17) is 4.52 Å². The number of rotatable bonds is 4. The van der Waals surface area contributed by atoms with Crippen molar-refractivity contribution in [2.45, 2.75) is 32.5 Å². The minimum Gasteiger partial charge on any atom is -0.337 e. The van der Waals surface area contributed by atoms with E-state index in [9.17, 15) is 9.59 Å². The maximum atomic E-state index is 13.1. The molecule has 2 unspecified atom stereocenters. The van der Waals surface area contributed by atoms with E-state index in [-0.39, 0.29) is 24.2 Å². The average Bonchev–Trinajstić information content (AvgIpc) is 3.43. The SMILES string of the molecule is Cc1ccc(N2C(=O)C3N=NN(Cc4nc(-c5cccc(Br)c5)no4)C3C2=O)cc1C. The summed E-state index contributed by atoms with van der Waals surface area (Å²) in [4.78, 5) is 31.6. The number of aromatic nitrogens is 2. The summed E-state index contributed by atoms with van der Waals surface area (Å²) in [5.41, 5.74) is 3.41.